The molecule has 0 spiro atoms. The van der Waals surface area contributed by atoms with E-state index in [2.05, 4.69) is 10.3 Å². The van der Waals surface area contributed by atoms with Gasteiger partial charge < -0.3 is 14.5 Å². The summed E-state index contributed by atoms with van der Waals surface area (Å²) < 4.78 is 11.0. The molecule has 0 fully saturated rings. The molecule has 0 radical (unpaired) electrons. The summed E-state index contributed by atoms with van der Waals surface area (Å²) in [5, 5.41) is 13.7. The number of benzene rings is 2. The number of nitrogens with one attached hydrogen (secondary N) is 1. The Labute approximate surface area is 136 Å². The molecule has 1 aromatic heterocycles. The number of aromatic nitrogens is 1. The highest BCUT2D eigenvalue weighted by Crippen LogP contribution is 2.31. The molecule has 0 saturated heterocycles. The number of rotatable bonds is 5. The van der Waals surface area contributed by atoms with Gasteiger partial charge in [0, 0.05) is 18.7 Å². The summed E-state index contributed by atoms with van der Waals surface area (Å²) in [6, 6.07) is 11.4. The van der Waals surface area contributed by atoms with Crippen LogP contribution in [0.25, 0.3) is 11.1 Å². The van der Waals surface area contributed by atoms with Gasteiger partial charge in [-0.05, 0) is 24.3 Å². The van der Waals surface area contributed by atoms with Crippen LogP contribution in [0.2, 0.25) is 0 Å². The minimum Gasteiger partial charge on any atom is -0.477 e. The van der Waals surface area contributed by atoms with Gasteiger partial charge in [-0.1, -0.05) is 12.1 Å². The van der Waals surface area contributed by atoms with E-state index in [-0.39, 0.29) is 24.0 Å². The monoisotopic (exact) mass is 327 g/mol. The lowest BCUT2D eigenvalue weighted by Gasteiger charge is -2.07. The molecule has 122 valence electrons. The molecule has 0 unspecified atom stereocenters. The zero-order chi connectivity index (χ0) is 17.1. The minimum absolute atomic E-state index is 0.0466. The third-order valence-corrected chi connectivity index (χ3v) is 3.17. The van der Waals surface area contributed by atoms with Crippen LogP contribution >= 0.6 is 0 Å². The van der Waals surface area contributed by atoms with Gasteiger partial charge in [0.1, 0.15) is 5.52 Å². The highest BCUT2D eigenvalue weighted by atomic mass is 16.6. The van der Waals surface area contributed by atoms with Crippen molar-refractivity contribution in [3.8, 4) is 5.75 Å². The molecular weight excluding hydrogens is 314 g/mol. The Hall–Kier alpha value is -3.42. The van der Waals surface area contributed by atoms with Crippen LogP contribution in [0.5, 0.6) is 5.75 Å². The summed E-state index contributed by atoms with van der Waals surface area (Å²) in [7, 11) is 0. The summed E-state index contributed by atoms with van der Waals surface area (Å²) in [5.41, 5.74) is 1.37. The summed E-state index contributed by atoms with van der Waals surface area (Å²) >= 11 is 0. The van der Waals surface area contributed by atoms with Gasteiger partial charge in [0.25, 0.3) is 0 Å². The Morgan fingerprint density at radius 2 is 2.12 bits per heavy atom. The fourth-order valence-electron chi connectivity index (χ4n) is 2.18. The fraction of sp³-hybridized carbons (Fsp3) is 0.125. The number of nitro benzene ring substituents is 1. The second-order valence-corrected chi connectivity index (χ2v) is 4.98. The zero-order valence-corrected chi connectivity index (χ0v) is 12.7. The van der Waals surface area contributed by atoms with Crippen molar-refractivity contribution in [1.82, 2.24) is 4.98 Å². The van der Waals surface area contributed by atoms with Crippen LogP contribution in [0.3, 0.4) is 0 Å². The van der Waals surface area contributed by atoms with Gasteiger partial charge in [0.15, 0.2) is 17.9 Å². The first-order valence-electron chi connectivity index (χ1n) is 7.06. The van der Waals surface area contributed by atoms with Crippen molar-refractivity contribution in [2.24, 2.45) is 0 Å². The Bertz CT molecular complexity index is 886. The quantitative estimate of drug-likeness (QED) is 0.569. The second kappa shape index (κ2) is 6.37. The topological polar surface area (TPSA) is 108 Å². The van der Waals surface area contributed by atoms with E-state index < -0.39 is 4.92 Å². The molecule has 1 amide bonds. The van der Waals surface area contributed by atoms with Crippen LogP contribution in [-0.4, -0.2) is 15.8 Å². The molecule has 0 aliphatic heterocycles. The van der Waals surface area contributed by atoms with Crippen LogP contribution in [0.4, 0.5) is 11.4 Å². The first-order valence-corrected chi connectivity index (χ1v) is 7.06. The lowest BCUT2D eigenvalue weighted by atomic mass is 10.2. The normalized spacial score (nSPS) is 10.5. The summed E-state index contributed by atoms with van der Waals surface area (Å²) in [6.45, 7) is 1.28. The first-order chi connectivity index (χ1) is 11.5. The molecule has 1 N–H and O–H groups in total. The Kier molecular flexibility index (Phi) is 4.11. The average molecular weight is 327 g/mol. The predicted octanol–water partition coefficient (Wildman–Crippen LogP) is 3.27. The molecule has 8 heteroatoms. The van der Waals surface area contributed by atoms with Gasteiger partial charge in [-0.25, -0.2) is 4.98 Å². The Morgan fingerprint density at radius 3 is 2.83 bits per heavy atom. The summed E-state index contributed by atoms with van der Waals surface area (Å²) in [5.74, 6) is 0.0669. The highest BCUT2D eigenvalue weighted by Gasteiger charge is 2.17. The Balaban J connectivity index is 1.80. The maximum Gasteiger partial charge on any atom is 0.313 e. The number of nitro groups is 1. The molecular formula is C16H13N3O5. The summed E-state index contributed by atoms with van der Waals surface area (Å²) in [4.78, 5) is 25.9. The van der Waals surface area contributed by atoms with E-state index in [9.17, 15) is 14.9 Å². The molecule has 24 heavy (non-hydrogen) atoms. The fourth-order valence-corrected chi connectivity index (χ4v) is 2.18. The number of ether oxygens (including phenoxy) is 1. The van der Waals surface area contributed by atoms with Crippen LogP contribution in [0.15, 0.2) is 46.9 Å². The number of carbonyl (C=O) groups excluding carboxylic acids is 1. The van der Waals surface area contributed by atoms with Crippen molar-refractivity contribution in [2.45, 2.75) is 13.5 Å². The number of hydrogen-bond donors (Lipinski definition) is 1. The highest BCUT2D eigenvalue weighted by molar-refractivity contribution is 5.89. The molecule has 3 rings (SSSR count). The Morgan fingerprint density at radius 1 is 1.33 bits per heavy atom. The molecule has 1 heterocycles. The molecule has 0 atom stereocenters. The van der Waals surface area contributed by atoms with E-state index in [1.807, 2.05) is 12.1 Å². The van der Waals surface area contributed by atoms with Crippen molar-refractivity contribution in [3.63, 3.8) is 0 Å². The number of fused-ring (bicyclic) bond motifs is 1. The lowest BCUT2D eigenvalue weighted by Crippen LogP contribution is -2.06. The van der Waals surface area contributed by atoms with Gasteiger partial charge in [-0.15, -0.1) is 0 Å². The maximum absolute atomic E-state index is 11.2. The van der Waals surface area contributed by atoms with Crippen molar-refractivity contribution in [3.05, 3.63) is 58.5 Å². The van der Waals surface area contributed by atoms with Gasteiger partial charge in [0.05, 0.1) is 4.92 Å². The number of nitrogens with zero attached hydrogens (tertiary/aromatic N) is 2. The molecule has 3 aromatic rings. The third kappa shape index (κ3) is 3.32. The van der Waals surface area contributed by atoms with Gasteiger partial charge in [0.2, 0.25) is 11.8 Å². The molecule has 2 aromatic carbocycles. The maximum atomic E-state index is 11.2. The minimum atomic E-state index is -0.577. The number of hydrogen-bond acceptors (Lipinski definition) is 6. The van der Waals surface area contributed by atoms with Gasteiger partial charge >= 0.3 is 5.69 Å². The van der Waals surface area contributed by atoms with E-state index >= 15 is 0 Å². The number of para-hydroxylation sites is 2. The first kappa shape index (κ1) is 15.5. The van der Waals surface area contributed by atoms with Gasteiger partial charge in [-0.2, -0.15) is 0 Å². The standard InChI is InChI=1S/C16H13N3O5/c1-10(20)17-11-6-7-15(13(8-11)19(21)22)23-9-16-18-12-4-2-3-5-14(12)24-16/h2-8H,9H2,1H3,(H,17,20). The van der Waals surface area contributed by atoms with Crippen LogP contribution in [0.1, 0.15) is 12.8 Å². The van der Waals surface area contributed by atoms with E-state index in [0.717, 1.165) is 0 Å². The van der Waals surface area contributed by atoms with E-state index in [1.165, 1.54) is 25.1 Å². The van der Waals surface area contributed by atoms with Gasteiger partial charge in [-0.3, -0.25) is 14.9 Å². The largest absolute Gasteiger partial charge is 0.477 e. The van der Waals surface area contributed by atoms with Crippen LogP contribution < -0.4 is 10.1 Å². The second-order valence-electron chi connectivity index (χ2n) is 4.98. The van der Waals surface area contributed by atoms with Crippen molar-refractivity contribution in [2.75, 3.05) is 5.32 Å². The van der Waals surface area contributed by atoms with E-state index in [1.54, 1.807) is 12.1 Å². The van der Waals surface area contributed by atoms with E-state index in [0.29, 0.717) is 22.7 Å². The molecule has 0 aliphatic rings. The number of amides is 1. The third-order valence-electron chi connectivity index (χ3n) is 3.17. The number of oxazole rings is 1. The van der Waals surface area contributed by atoms with Crippen molar-refractivity contribution in [1.29, 1.82) is 0 Å². The predicted molar refractivity (Wildman–Crippen MR) is 85.7 cm³/mol. The SMILES string of the molecule is CC(=O)Nc1ccc(OCc2nc3ccccc3o2)c([N+](=O)[O-])c1. The van der Waals surface area contributed by atoms with Crippen LogP contribution in [0, 0.1) is 10.1 Å². The van der Waals surface area contributed by atoms with Crippen molar-refractivity contribution >= 4 is 28.4 Å². The molecule has 0 aliphatic carbocycles. The average Bonchev–Trinajstić information content (AvgIpc) is 2.95. The van der Waals surface area contributed by atoms with E-state index in [4.69, 9.17) is 9.15 Å². The van der Waals surface area contributed by atoms with Crippen molar-refractivity contribution < 1.29 is 18.9 Å². The lowest BCUT2D eigenvalue weighted by molar-refractivity contribution is -0.385. The molecule has 8 nitrogen and oxygen atoms in total. The molecule has 0 bridgehead atoms. The summed E-state index contributed by atoms with van der Waals surface area (Å²) in [6.07, 6.45) is 0. The van der Waals surface area contributed by atoms with Crippen LogP contribution in [-0.2, 0) is 11.4 Å². The smallest absolute Gasteiger partial charge is 0.313 e. The molecule has 0 saturated carbocycles. The number of anilines is 1. The number of carbonyl (C=O) groups is 1. The zero-order valence-electron chi connectivity index (χ0n) is 12.7.